The first kappa shape index (κ1) is 37.7. The van der Waals surface area contributed by atoms with E-state index in [0.29, 0.717) is 11.1 Å². The van der Waals surface area contributed by atoms with E-state index in [0.717, 1.165) is 79.0 Å². The number of nitrogens with one attached hydrogen (secondary N) is 1. The van der Waals surface area contributed by atoms with Crippen LogP contribution in [0.4, 0.5) is 0 Å². The number of fused-ring (bicyclic) bond motifs is 3. The lowest BCUT2D eigenvalue weighted by Gasteiger charge is -2.23. The van der Waals surface area contributed by atoms with Crippen molar-refractivity contribution in [1.82, 2.24) is 14.8 Å². The summed E-state index contributed by atoms with van der Waals surface area (Å²) in [5.41, 5.74) is 5.76. The van der Waals surface area contributed by atoms with Gasteiger partial charge in [0.2, 0.25) is 10.2 Å². The van der Waals surface area contributed by atoms with Crippen molar-refractivity contribution in [3.05, 3.63) is 46.5 Å². The Balaban J connectivity index is 1.91. The van der Waals surface area contributed by atoms with E-state index in [2.05, 4.69) is 67.7 Å². The fourth-order valence-corrected chi connectivity index (χ4v) is 6.84. The number of aryl methyl sites for hydroxylation is 1. The zero-order chi connectivity index (χ0) is 32.6. The third kappa shape index (κ3) is 11.4. The third-order valence-corrected chi connectivity index (χ3v) is 9.71. The molecule has 45 heavy (non-hydrogen) atoms. The van der Waals surface area contributed by atoms with Crippen molar-refractivity contribution in [2.75, 3.05) is 39.3 Å². The molecular formula is C38H59N3O2S2. The molecule has 0 bridgehead atoms. The molecule has 0 aliphatic rings. The van der Waals surface area contributed by atoms with Crippen molar-refractivity contribution < 1.29 is 9.59 Å². The molecule has 5 nitrogen and oxygen atoms in total. The minimum absolute atomic E-state index is 0.179. The minimum atomic E-state index is -0.254. The summed E-state index contributed by atoms with van der Waals surface area (Å²) in [5.74, 6) is 0. The van der Waals surface area contributed by atoms with Gasteiger partial charge in [-0.15, -0.1) is 25.3 Å². The van der Waals surface area contributed by atoms with Crippen molar-refractivity contribution >= 4 is 57.3 Å². The number of thiol groups is 2. The monoisotopic (exact) mass is 653 g/mol. The van der Waals surface area contributed by atoms with Crippen molar-refractivity contribution in [2.45, 2.75) is 118 Å². The average molecular weight is 654 g/mol. The first-order valence-electron chi connectivity index (χ1n) is 17.9. The molecule has 0 atom stereocenters. The molecule has 0 spiro atoms. The Morgan fingerprint density at radius 2 is 1.09 bits per heavy atom. The number of nitrogens with zero attached hydrogens (tertiary/aromatic N) is 2. The van der Waals surface area contributed by atoms with Gasteiger partial charge in [0.05, 0.1) is 5.52 Å². The number of benzene rings is 2. The zero-order valence-corrected chi connectivity index (χ0v) is 30.3. The van der Waals surface area contributed by atoms with Gasteiger partial charge in [-0.3, -0.25) is 9.59 Å². The Labute approximate surface area is 284 Å². The summed E-state index contributed by atoms with van der Waals surface area (Å²) in [6.45, 7) is 16.0. The molecular weight excluding hydrogens is 595 g/mol. The van der Waals surface area contributed by atoms with E-state index in [-0.39, 0.29) is 10.2 Å². The standard InChI is InChI=1S/C38H59N3O2S2/c1-5-9-21-40(22-10-6-2)25-15-13-17-30-31(18-14-16-26-41(23-11-7-3)24-12-8-4)36-33(28-34(30)38(43)45)32-27-29(37(42)44)19-20-35(32)39-36/h19-20,27-28,39H,5-18,21-26H2,1-4H3,(H,42,44)(H,43,45). The molecule has 1 heterocycles. The van der Waals surface area contributed by atoms with Crippen LogP contribution in [-0.4, -0.2) is 64.3 Å². The van der Waals surface area contributed by atoms with E-state index in [1.54, 1.807) is 0 Å². The molecule has 250 valence electrons. The van der Waals surface area contributed by atoms with Crippen LogP contribution in [0.15, 0.2) is 24.3 Å². The summed E-state index contributed by atoms with van der Waals surface area (Å²) in [7, 11) is 0. The summed E-state index contributed by atoms with van der Waals surface area (Å²) in [5, 5.41) is 1.52. The Morgan fingerprint density at radius 1 is 0.600 bits per heavy atom. The van der Waals surface area contributed by atoms with E-state index in [4.69, 9.17) is 0 Å². The summed E-state index contributed by atoms with van der Waals surface area (Å²) in [6, 6.07) is 7.70. The summed E-state index contributed by atoms with van der Waals surface area (Å²) in [4.78, 5) is 34.1. The van der Waals surface area contributed by atoms with Crippen LogP contribution in [0.1, 0.15) is 137 Å². The Bertz CT molecular complexity index is 1340. The number of aromatic nitrogens is 1. The van der Waals surface area contributed by atoms with Crippen LogP contribution in [-0.2, 0) is 12.8 Å². The smallest absolute Gasteiger partial charge is 0.216 e. The van der Waals surface area contributed by atoms with Gasteiger partial charge in [0, 0.05) is 27.4 Å². The van der Waals surface area contributed by atoms with Gasteiger partial charge >= 0.3 is 0 Å². The molecule has 1 N–H and O–H groups in total. The third-order valence-electron chi connectivity index (χ3n) is 9.21. The molecule has 0 saturated carbocycles. The minimum Gasteiger partial charge on any atom is -0.354 e. The molecule has 0 unspecified atom stereocenters. The van der Waals surface area contributed by atoms with Crippen LogP contribution in [0.25, 0.3) is 21.8 Å². The number of H-pyrrole nitrogens is 1. The molecule has 0 saturated heterocycles. The Morgan fingerprint density at radius 3 is 1.56 bits per heavy atom. The largest absolute Gasteiger partial charge is 0.354 e. The molecule has 0 aliphatic carbocycles. The van der Waals surface area contributed by atoms with Crippen LogP contribution in [0, 0.1) is 0 Å². The summed E-state index contributed by atoms with van der Waals surface area (Å²) in [6.07, 6.45) is 16.1. The normalized spacial score (nSPS) is 11.9. The maximum atomic E-state index is 13.1. The molecule has 3 aromatic rings. The molecule has 3 rings (SSSR count). The van der Waals surface area contributed by atoms with Gasteiger partial charge in [0.15, 0.2) is 0 Å². The van der Waals surface area contributed by atoms with Crippen LogP contribution >= 0.6 is 25.3 Å². The second-order valence-corrected chi connectivity index (χ2v) is 13.6. The van der Waals surface area contributed by atoms with Gasteiger partial charge in [-0.25, -0.2) is 0 Å². The molecule has 0 fully saturated rings. The van der Waals surface area contributed by atoms with Crippen molar-refractivity contribution in [3.63, 3.8) is 0 Å². The molecule has 0 aliphatic heterocycles. The van der Waals surface area contributed by atoms with Gasteiger partial charge in [-0.05, 0) is 139 Å². The topological polar surface area (TPSA) is 56.4 Å². The van der Waals surface area contributed by atoms with Gasteiger partial charge in [-0.2, -0.15) is 0 Å². The maximum Gasteiger partial charge on any atom is 0.216 e. The Hall–Kier alpha value is -1.80. The highest BCUT2D eigenvalue weighted by atomic mass is 32.1. The van der Waals surface area contributed by atoms with Crippen LogP contribution in [0.3, 0.4) is 0 Å². The number of unbranched alkanes of at least 4 members (excludes halogenated alkanes) is 6. The lowest BCUT2D eigenvalue weighted by molar-refractivity contribution is 0.108. The highest BCUT2D eigenvalue weighted by Gasteiger charge is 2.20. The molecule has 2 aromatic carbocycles. The lowest BCUT2D eigenvalue weighted by atomic mass is 9.90. The number of rotatable bonds is 24. The maximum absolute atomic E-state index is 13.1. The van der Waals surface area contributed by atoms with E-state index in [9.17, 15) is 9.59 Å². The fraction of sp³-hybridized carbons (Fsp3) is 0.632. The highest BCUT2D eigenvalue weighted by Crippen LogP contribution is 2.35. The van der Waals surface area contributed by atoms with Crippen LogP contribution in [0.5, 0.6) is 0 Å². The van der Waals surface area contributed by atoms with E-state index >= 15 is 0 Å². The van der Waals surface area contributed by atoms with Crippen LogP contribution < -0.4 is 0 Å². The first-order valence-corrected chi connectivity index (χ1v) is 18.7. The predicted molar refractivity (Wildman–Crippen MR) is 201 cm³/mol. The summed E-state index contributed by atoms with van der Waals surface area (Å²) < 4.78 is 0. The number of hydrogen-bond donors (Lipinski definition) is 3. The quantitative estimate of drug-likeness (QED) is 0.0665. The number of hydrogen-bond acceptors (Lipinski definition) is 4. The number of carbonyl (C=O) groups excluding carboxylic acids is 2. The van der Waals surface area contributed by atoms with Crippen LogP contribution in [0.2, 0.25) is 0 Å². The zero-order valence-electron chi connectivity index (χ0n) is 28.6. The van der Waals surface area contributed by atoms with E-state index in [1.165, 1.54) is 83.1 Å². The number of carbonyl (C=O) groups is 2. The van der Waals surface area contributed by atoms with Crippen molar-refractivity contribution in [1.29, 1.82) is 0 Å². The lowest BCUT2D eigenvalue weighted by Crippen LogP contribution is -2.27. The van der Waals surface area contributed by atoms with Gasteiger partial charge in [-0.1, -0.05) is 53.4 Å². The Kier molecular flexibility index (Phi) is 17.1. The molecule has 0 amide bonds. The molecule has 1 aromatic heterocycles. The summed E-state index contributed by atoms with van der Waals surface area (Å²) >= 11 is 8.45. The number of aromatic amines is 1. The van der Waals surface area contributed by atoms with Gasteiger partial charge in [0.1, 0.15) is 0 Å². The second kappa shape index (κ2) is 20.4. The van der Waals surface area contributed by atoms with E-state index < -0.39 is 0 Å². The average Bonchev–Trinajstić information content (AvgIpc) is 3.40. The SMILES string of the molecule is CCCCN(CCCC)CCCCc1c(C(=O)S)cc2c([nH]c3ccc(C(=O)S)cc32)c1CCCCN(CCCC)CCCC. The first-order chi connectivity index (χ1) is 21.8. The van der Waals surface area contributed by atoms with Crippen molar-refractivity contribution in [3.8, 4) is 0 Å². The fourth-order valence-electron chi connectivity index (χ4n) is 6.50. The predicted octanol–water partition coefficient (Wildman–Crippen LogP) is 9.91. The van der Waals surface area contributed by atoms with Crippen molar-refractivity contribution in [2.24, 2.45) is 0 Å². The molecule has 7 heteroatoms. The highest BCUT2D eigenvalue weighted by molar-refractivity contribution is 7.97. The van der Waals surface area contributed by atoms with Gasteiger partial charge in [0.25, 0.3) is 0 Å². The van der Waals surface area contributed by atoms with Gasteiger partial charge < -0.3 is 14.8 Å². The van der Waals surface area contributed by atoms with E-state index in [1.807, 2.05) is 24.3 Å². The second-order valence-electron chi connectivity index (χ2n) is 12.8. The molecule has 0 radical (unpaired) electrons.